The van der Waals surface area contributed by atoms with Gasteiger partial charge in [0.05, 0.1) is 16.0 Å². The average Bonchev–Trinajstić information content (AvgIpc) is 2.74. The van der Waals surface area contributed by atoms with Gasteiger partial charge in [-0.3, -0.25) is 14.2 Å². The number of benzene rings is 2. The van der Waals surface area contributed by atoms with E-state index in [2.05, 4.69) is 4.98 Å². The second kappa shape index (κ2) is 9.64. The van der Waals surface area contributed by atoms with Crippen LogP contribution in [0.25, 0.3) is 16.5 Å². The van der Waals surface area contributed by atoms with Crippen LogP contribution in [0.1, 0.15) is 23.0 Å². The summed E-state index contributed by atoms with van der Waals surface area (Å²) in [5.74, 6) is -0.605. The molecule has 4 aromatic rings. The zero-order valence-electron chi connectivity index (χ0n) is 16.7. The number of primary amides is 1. The molecule has 0 fully saturated rings. The first-order valence-electron chi connectivity index (χ1n) is 9.42. The first kappa shape index (κ1) is 22.3. The van der Waals surface area contributed by atoms with Gasteiger partial charge in [-0.15, -0.1) is 0 Å². The highest BCUT2D eigenvalue weighted by atomic mass is 35.5. The van der Waals surface area contributed by atoms with E-state index in [0.29, 0.717) is 10.4 Å². The van der Waals surface area contributed by atoms with E-state index in [1.807, 2.05) is 55.5 Å². The molecular formula is C23H20Cl2N4O2. The Labute approximate surface area is 189 Å². The summed E-state index contributed by atoms with van der Waals surface area (Å²) < 4.78 is 1.74. The van der Waals surface area contributed by atoms with Crippen LogP contribution in [0.2, 0.25) is 10.2 Å². The summed E-state index contributed by atoms with van der Waals surface area (Å²) in [5.41, 5.74) is 12.6. The van der Waals surface area contributed by atoms with Crippen LogP contribution in [0.15, 0.2) is 71.7 Å². The Morgan fingerprint density at radius 2 is 1.77 bits per heavy atom. The minimum atomic E-state index is -0.605. The lowest BCUT2D eigenvalue weighted by atomic mass is 10.1. The number of nitrogen functional groups attached to an aromatic ring is 1. The number of anilines is 1. The first-order chi connectivity index (χ1) is 14.8. The molecule has 2 heterocycles. The highest BCUT2D eigenvalue weighted by Gasteiger charge is 2.12. The van der Waals surface area contributed by atoms with Crippen LogP contribution in [-0.4, -0.2) is 15.5 Å². The molecule has 8 heteroatoms. The number of nitrogens with zero attached hydrogens (tertiary/aromatic N) is 2. The number of pyridine rings is 2. The maximum Gasteiger partial charge on any atom is 0.264 e. The smallest absolute Gasteiger partial charge is 0.264 e. The molecule has 2 aromatic carbocycles. The number of hydrogen-bond donors (Lipinski definition) is 2. The van der Waals surface area contributed by atoms with E-state index in [0.717, 1.165) is 23.2 Å². The largest absolute Gasteiger partial charge is 0.398 e. The Morgan fingerprint density at radius 1 is 1.06 bits per heavy atom. The van der Waals surface area contributed by atoms with Gasteiger partial charge < -0.3 is 11.5 Å². The quantitative estimate of drug-likeness (QED) is 0.440. The van der Waals surface area contributed by atoms with Crippen molar-refractivity contribution in [3.63, 3.8) is 0 Å². The molecule has 1 amide bonds. The fourth-order valence-electron chi connectivity index (χ4n) is 3.14. The number of amides is 1. The number of carbonyl (C=O) groups excluding carboxylic acids is 1. The number of hydrogen-bond acceptors (Lipinski definition) is 4. The van der Waals surface area contributed by atoms with Crippen LogP contribution >= 0.6 is 23.2 Å². The number of para-hydroxylation sites is 1. The van der Waals surface area contributed by atoms with Gasteiger partial charge in [-0.1, -0.05) is 60.5 Å². The topological polar surface area (TPSA) is 104 Å². The molecule has 4 rings (SSSR count). The summed E-state index contributed by atoms with van der Waals surface area (Å²) in [4.78, 5) is 27.0. The third-order valence-electron chi connectivity index (χ3n) is 4.62. The van der Waals surface area contributed by atoms with Gasteiger partial charge in [0.25, 0.3) is 11.5 Å². The van der Waals surface area contributed by atoms with Crippen LogP contribution in [0.4, 0.5) is 5.69 Å². The molecule has 0 saturated carbocycles. The van der Waals surface area contributed by atoms with Crippen LogP contribution < -0.4 is 17.0 Å². The van der Waals surface area contributed by atoms with Crippen molar-refractivity contribution in [2.45, 2.75) is 13.3 Å². The van der Waals surface area contributed by atoms with E-state index in [-0.39, 0.29) is 22.0 Å². The molecule has 6 nitrogen and oxygen atoms in total. The number of fused-ring (bicyclic) bond motifs is 1. The van der Waals surface area contributed by atoms with Crippen LogP contribution in [0.3, 0.4) is 0 Å². The number of carbonyl (C=O) groups is 1. The maximum atomic E-state index is 12.8. The van der Waals surface area contributed by atoms with Gasteiger partial charge >= 0.3 is 0 Å². The lowest BCUT2D eigenvalue weighted by Gasteiger charge is -2.14. The molecule has 0 bridgehead atoms. The van der Waals surface area contributed by atoms with E-state index in [4.69, 9.17) is 34.7 Å². The Hall–Kier alpha value is -3.35. The van der Waals surface area contributed by atoms with Crippen molar-refractivity contribution in [2.24, 2.45) is 5.73 Å². The van der Waals surface area contributed by atoms with E-state index in [1.54, 1.807) is 10.6 Å². The molecular weight excluding hydrogens is 435 g/mol. The number of rotatable bonds is 3. The van der Waals surface area contributed by atoms with Gasteiger partial charge in [-0.25, -0.2) is 4.98 Å². The second-order valence-corrected chi connectivity index (χ2v) is 7.42. The van der Waals surface area contributed by atoms with Crippen LogP contribution in [-0.2, 0) is 6.42 Å². The van der Waals surface area contributed by atoms with Crippen molar-refractivity contribution in [3.05, 3.63) is 98.6 Å². The molecule has 0 aliphatic heterocycles. The van der Waals surface area contributed by atoms with Gasteiger partial charge in [0, 0.05) is 23.3 Å². The SMILES string of the molecule is CCc1cc2cccc(Cl)c2c(=O)n1-c1ccccc1.NC(=O)c1cnc(Cl)cc1N. The molecule has 31 heavy (non-hydrogen) atoms. The van der Waals surface area contributed by atoms with Gasteiger partial charge in [-0.05, 0) is 42.1 Å². The standard InChI is InChI=1S/C17H14ClNO.C6H6ClN3O/c1-2-13-11-12-7-6-10-15(18)16(12)17(20)19(13)14-8-4-3-5-9-14;7-5-1-4(8)3(2-10-5)6(9)11/h3-11H,2H2,1H3;1-2H,(H2,8,10)(H2,9,11). The summed E-state index contributed by atoms with van der Waals surface area (Å²) in [7, 11) is 0. The lowest BCUT2D eigenvalue weighted by Crippen LogP contribution is -2.22. The third kappa shape index (κ3) is 4.87. The zero-order chi connectivity index (χ0) is 22.5. The van der Waals surface area contributed by atoms with Crippen molar-refractivity contribution >= 4 is 45.6 Å². The van der Waals surface area contributed by atoms with Gasteiger partial charge in [0.15, 0.2) is 0 Å². The molecule has 0 radical (unpaired) electrons. The van der Waals surface area contributed by atoms with Crippen molar-refractivity contribution < 1.29 is 4.79 Å². The van der Waals surface area contributed by atoms with Crippen molar-refractivity contribution in [2.75, 3.05) is 5.73 Å². The van der Waals surface area contributed by atoms with Crippen molar-refractivity contribution in [1.29, 1.82) is 0 Å². The molecule has 0 unspecified atom stereocenters. The van der Waals surface area contributed by atoms with Crippen molar-refractivity contribution in [3.8, 4) is 5.69 Å². The maximum absolute atomic E-state index is 12.8. The highest BCUT2D eigenvalue weighted by molar-refractivity contribution is 6.35. The van der Waals surface area contributed by atoms with E-state index >= 15 is 0 Å². The molecule has 0 aliphatic rings. The number of halogens is 2. The number of nitrogens with two attached hydrogens (primary N) is 2. The fourth-order valence-corrected chi connectivity index (χ4v) is 3.57. The van der Waals surface area contributed by atoms with E-state index in [1.165, 1.54) is 12.3 Å². The zero-order valence-corrected chi connectivity index (χ0v) is 18.2. The Kier molecular flexibility index (Phi) is 6.95. The summed E-state index contributed by atoms with van der Waals surface area (Å²) in [6, 6.07) is 18.6. The molecule has 0 saturated heterocycles. The van der Waals surface area contributed by atoms with Crippen LogP contribution in [0.5, 0.6) is 0 Å². The summed E-state index contributed by atoms with van der Waals surface area (Å²) in [6.07, 6.45) is 2.03. The fraction of sp³-hybridized carbons (Fsp3) is 0.0870. The molecule has 0 atom stereocenters. The van der Waals surface area contributed by atoms with E-state index < -0.39 is 5.91 Å². The highest BCUT2D eigenvalue weighted by Crippen LogP contribution is 2.22. The summed E-state index contributed by atoms with van der Waals surface area (Å²) >= 11 is 11.7. The minimum Gasteiger partial charge on any atom is -0.398 e. The number of aryl methyl sites for hydroxylation is 1. The first-order valence-corrected chi connectivity index (χ1v) is 10.2. The minimum absolute atomic E-state index is 0.0591. The van der Waals surface area contributed by atoms with Gasteiger partial charge in [0.2, 0.25) is 0 Å². The van der Waals surface area contributed by atoms with Gasteiger partial charge in [-0.2, -0.15) is 0 Å². The van der Waals surface area contributed by atoms with E-state index in [9.17, 15) is 9.59 Å². The molecule has 0 spiro atoms. The summed E-state index contributed by atoms with van der Waals surface area (Å²) in [6.45, 7) is 2.05. The molecule has 2 aromatic heterocycles. The van der Waals surface area contributed by atoms with Gasteiger partial charge in [0.1, 0.15) is 5.15 Å². The average molecular weight is 455 g/mol. The normalized spacial score (nSPS) is 10.4. The Morgan fingerprint density at radius 3 is 2.39 bits per heavy atom. The molecule has 0 aliphatic carbocycles. The predicted octanol–water partition coefficient (Wildman–Crippen LogP) is 4.62. The summed E-state index contributed by atoms with van der Waals surface area (Å²) in [5, 5.41) is 2.22. The molecule has 4 N–H and O–H groups in total. The predicted molar refractivity (Wildman–Crippen MR) is 126 cm³/mol. The Balaban J connectivity index is 0.000000210. The van der Waals surface area contributed by atoms with Crippen LogP contribution in [0, 0.1) is 0 Å². The second-order valence-electron chi connectivity index (χ2n) is 6.63. The lowest BCUT2D eigenvalue weighted by molar-refractivity contribution is 0.100. The van der Waals surface area contributed by atoms with Crippen molar-refractivity contribution in [1.82, 2.24) is 9.55 Å². The third-order valence-corrected chi connectivity index (χ3v) is 5.14. The number of aromatic nitrogens is 2. The monoisotopic (exact) mass is 454 g/mol. The Bertz CT molecular complexity index is 1300. The molecule has 158 valence electrons.